The first-order valence-electron chi connectivity index (χ1n) is 9.69. The zero-order valence-corrected chi connectivity index (χ0v) is 15.8. The molecule has 0 saturated heterocycles. The molecule has 1 aliphatic heterocycles. The van der Waals surface area contributed by atoms with Gasteiger partial charge in [0.15, 0.2) is 5.75 Å². The van der Waals surface area contributed by atoms with Crippen LogP contribution < -0.4 is 14.4 Å². The highest BCUT2D eigenvalue weighted by Gasteiger charge is 2.24. The van der Waals surface area contributed by atoms with Crippen LogP contribution in [-0.4, -0.2) is 35.2 Å². The molecule has 1 fully saturated rings. The first-order valence-corrected chi connectivity index (χ1v) is 9.69. The summed E-state index contributed by atoms with van der Waals surface area (Å²) in [6.45, 7) is 1.72. The third-order valence-electron chi connectivity index (χ3n) is 5.18. The van der Waals surface area contributed by atoms with E-state index in [4.69, 9.17) is 9.47 Å². The van der Waals surface area contributed by atoms with Crippen LogP contribution in [0.25, 0.3) is 11.1 Å². The highest BCUT2D eigenvalue weighted by atomic mass is 16.5. The molecule has 1 aliphatic carbocycles. The summed E-state index contributed by atoms with van der Waals surface area (Å²) in [7, 11) is 2.03. The quantitative estimate of drug-likeness (QED) is 0.647. The van der Waals surface area contributed by atoms with Gasteiger partial charge in [0.2, 0.25) is 11.8 Å². The van der Waals surface area contributed by atoms with E-state index in [0.717, 1.165) is 41.7 Å². The predicted molar refractivity (Wildman–Crippen MR) is 107 cm³/mol. The lowest BCUT2D eigenvalue weighted by Gasteiger charge is -2.16. The van der Waals surface area contributed by atoms with Gasteiger partial charge < -0.3 is 14.4 Å². The van der Waals surface area contributed by atoms with Crippen molar-refractivity contribution >= 4 is 5.95 Å². The van der Waals surface area contributed by atoms with Gasteiger partial charge in [0.25, 0.3) is 0 Å². The van der Waals surface area contributed by atoms with Crippen LogP contribution in [-0.2, 0) is 6.42 Å². The summed E-state index contributed by atoms with van der Waals surface area (Å²) in [5, 5.41) is 0. The van der Waals surface area contributed by atoms with Crippen molar-refractivity contribution in [3.8, 4) is 28.5 Å². The number of para-hydroxylation sites is 1. The second kappa shape index (κ2) is 7.11. The van der Waals surface area contributed by atoms with E-state index in [1.807, 2.05) is 31.3 Å². The van der Waals surface area contributed by atoms with E-state index >= 15 is 0 Å². The SMILES string of the molecule is CN(CC1CC1)c1ncc(Oc2ncccc2-c2cccc3c2OCC3)cn1. The lowest BCUT2D eigenvalue weighted by Crippen LogP contribution is -2.22. The monoisotopic (exact) mass is 374 g/mol. The lowest BCUT2D eigenvalue weighted by atomic mass is 10.0. The summed E-state index contributed by atoms with van der Waals surface area (Å²) >= 11 is 0. The molecule has 6 heteroatoms. The summed E-state index contributed by atoms with van der Waals surface area (Å²) in [5.41, 5.74) is 3.12. The van der Waals surface area contributed by atoms with E-state index in [1.54, 1.807) is 18.6 Å². The molecule has 2 aliphatic rings. The largest absolute Gasteiger partial charge is 0.492 e. The molecule has 6 nitrogen and oxygen atoms in total. The number of pyridine rings is 1. The second-order valence-corrected chi connectivity index (χ2v) is 7.39. The molecular formula is C22H22N4O2. The molecule has 0 bridgehead atoms. The number of anilines is 1. The van der Waals surface area contributed by atoms with Crippen LogP contribution in [0.3, 0.4) is 0 Å². The Labute approximate surface area is 164 Å². The topological polar surface area (TPSA) is 60.4 Å². The van der Waals surface area contributed by atoms with E-state index in [1.165, 1.54) is 18.4 Å². The highest BCUT2D eigenvalue weighted by molar-refractivity contribution is 5.76. The number of hydrogen-bond acceptors (Lipinski definition) is 6. The Morgan fingerprint density at radius 1 is 1.07 bits per heavy atom. The van der Waals surface area contributed by atoms with E-state index in [2.05, 4.69) is 25.9 Å². The Bertz CT molecular complexity index is 986. The molecule has 3 aromatic rings. The van der Waals surface area contributed by atoms with Crippen molar-refractivity contribution in [1.29, 1.82) is 0 Å². The Balaban J connectivity index is 1.40. The van der Waals surface area contributed by atoms with Crippen LogP contribution in [0.5, 0.6) is 17.4 Å². The standard InChI is InChI=1S/C22H22N4O2/c1-26(14-15-7-8-15)22-24-12-17(13-25-22)28-21-19(6-3-10-23-21)18-5-2-4-16-9-11-27-20(16)18/h2-6,10,12-13,15H,7-9,11,14H2,1H3. The first-order chi connectivity index (χ1) is 13.8. The molecule has 1 aromatic carbocycles. The molecule has 142 valence electrons. The van der Waals surface area contributed by atoms with Crippen molar-refractivity contribution in [2.24, 2.45) is 5.92 Å². The Morgan fingerprint density at radius 3 is 2.71 bits per heavy atom. The van der Waals surface area contributed by atoms with Crippen LogP contribution in [0.15, 0.2) is 48.9 Å². The third-order valence-corrected chi connectivity index (χ3v) is 5.18. The number of ether oxygens (including phenoxy) is 2. The first kappa shape index (κ1) is 17.0. The molecule has 3 heterocycles. The molecule has 0 radical (unpaired) electrons. The number of aromatic nitrogens is 3. The van der Waals surface area contributed by atoms with Gasteiger partial charge in [-0.1, -0.05) is 18.2 Å². The molecule has 2 aromatic heterocycles. The van der Waals surface area contributed by atoms with E-state index < -0.39 is 0 Å². The maximum absolute atomic E-state index is 6.04. The Morgan fingerprint density at radius 2 is 1.89 bits per heavy atom. The van der Waals surface area contributed by atoms with Gasteiger partial charge in [-0.15, -0.1) is 0 Å². The average molecular weight is 374 g/mol. The molecule has 0 atom stereocenters. The van der Waals surface area contributed by atoms with Crippen LogP contribution in [0.4, 0.5) is 5.95 Å². The average Bonchev–Trinajstić information content (AvgIpc) is 3.40. The van der Waals surface area contributed by atoms with Gasteiger partial charge in [0, 0.05) is 37.3 Å². The lowest BCUT2D eigenvalue weighted by molar-refractivity contribution is 0.357. The molecule has 28 heavy (non-hydrogen) atoms. The number of hydrogen-bond donors (Lipinski definition) is 0. The van der Waals surface area contributed by atoms with Gasteiger partial charge in [-0.2, -0.15) is 0 Å². The van der Waals surface area contributed by atoms with Gasteiger partial charge in [0.1, 0.15) is 5.75 Å². The fourth-order valence-electron chi connectivity index (χ4n) is 3.54. The van der Waals surface area contributed by atoms with Crippen molar-refractivity contribution in [2.45, 2.75) is 19.3 Å². The minimum atomic E-state index is 0.522. The van der Waals surface area contributed by atoms with Crippen LogP contribution >= 0.6 is 0 Å². The summed E-state index contributed by atoms with van der Waals surface area (Å²) in [5.74, 6) is 3.52. The van der Waals surface area contributed by atoms with Gasteiger partial charge in [-0.05, 0) is 36.5 Å². The highest BCUT2D eigenvalue weighted by Crippen LogP contribution is 2.40. The fourth-order valence-corrected chi connectivity index (χ4v) is 3.54. The number of fused-ring (bicyclic) bond motifs is 1. The fraction of sp³-hybridized carbons (Fsp3) is 0.318. The van der Waals surface area contributed by atoms with Crippen LogP contribution in [0, 0.1) is 5.92 Å². The van der Waals surface area contributed by atoms with Crippen molar-refractivity contribution in [3.05, 3.63) is 54.5 Å². The zero-order chi connectivity index (χ0) is 18.9. The van der Waals surface area contributed by atoms with Crippen molar-refractivity contribution in [3.63, 3.8) is 0 Å². The summed E-state index contributed by atoms with van der Waals surface area (Å²) < 4.78 is 11.9. The van der Waals surface area contributed by atoms with Crippen molar-refractivity contribution in [2.75, 3.05) is 25.1 Å². The molecular weight excluding hydrogens is 352 g/mol. The predicted octanol–water partition coefficient (Wildman–Crippen LogP) is 4.11. The number of nitrogens with zero attached hydrogens (tertiary/aromatic N) is 4. The molecule has 0 spiro atoms. The molecule has 0 unspecified atom stereocenters. The summed E-state index contributed by atoms with van der Waals surface area (Å²) in [4.78, 5) is 15.4. The molecule has 0 amide bonds. The maximum Gasteiger partial charge on any atom is 0.227 e. The Hall–Kier alpha value is -3.15. The van der Waals surface area contributed by atoms with E-state index in [0.29, 0.717) is 18.2 Å². The zero-order valence-electron chi connectivity index (χ0n) is 15.8. The molecule has 1 saturated carbocycles. The normalized spacial score (nSPS) is 15.0. The van der Waals surface area contributed by atoms with Crippen molar-refractivity contribution < 1.29 is 9.47 Å². The maximum atomic E-state index is 6.04. The Kier molecular flexibility index (Phi) is 4.31. The van der Waals surface area contributed by atoms with Gasteiger partial charge in [-0.25, -0.2) is 15.0 Å². The van der Waals surface area contributed by atoms with Crippen molar-refractivity contribution in [1.82, 2.24) is 15.0 Å². The van der Waals surface area contributed by atoms with E-state index in [9.17, 15) is 0 Å². The van der Waals surface area contributed by atoms with Gasteiger partial charge in [-0.3, -0.25) is 0 Å². The van der Waals surface area contributed by atoms with Crippen LogP contribution in [0.2, 0.25) is 0 Å². The third kappa shape index (κ3) is 3.38. The minimum absolute atomic E-state index is 0.522. The van der Waals surface area contributed by atoms with Gasteiger partial charge >= 0.3 is 0 Å². The number of rotatable bonds is 6. The van der Waals surface area contributed by atoms with E-state index in [-0.39, 0.29) is 0 Å². The second-order valence-electron chi connectivity index (χ2n) is 7.39. The molecule has 5 rings (SSSR count). The number of benzene rings is 1. The van der Waals surface area contributed by atoms with Gasteiger partial charge in [0.05, 0.1) is 19.0 Å². The summed E-state index contributed by atoms with van der Waals surface area (Å²) in [6.07, 6.45) is 8.68. The molecule has 0 N–H and O–H groups in total. The summed E-state index contributed by atoms with van der Waals surface area (Å²) in [6, 6.07) is 10.1. The smallest absolute Gasteiger partial charge is 0.227 e. The minimum Gasteiger partial charge on any atom is -0.492 e. The van der Waals surface area contributed by atoms with Crippen LogP contribution in [0.1, 0.15) is 18.4 Å².